The van der Waals surface area contributed by atoms with E-state index in [2.05, 4.69) is 138 Å². The Morgan fingerprint density at radius 2 is 0.618 bits per heavy atom. The number of aromatic amines is 2. The van der Waals surface area contributed by atoms with Crippen LogP contribution in [0.4, 0.5) is 0 Å². The lowest BCUT2D eigenvalue weighted by molar-refractivity contribution is 0.569. The second-order valence-electron chi connectivity index (χ2n) is 12.2. The minimum Gasteiger partial charge on any atom is -0.361 e. The Bertz CT molecular complexity index is 1160. The van der Waals surface area contributed by atoms with Crippen molar-refractivity contribution in [1.29, 1.82) is 0 Å². The molecule has 4 aromatic rings. The molecule has 176 valence electrons. The zero-order valence-electron chi connectivity index (χ0n) is 21.9. The fourth-order valence-electron chi connectivity index (χ4n) is 5.46. The molecule has 1 aliphatic heterocycles. The third-order valence-electron chi connectivity index (χ3n) is 8.68. The third kappa shape index (κ3) is 3.30. The van der Waals surface area contributed by atoms with Gasteiger partial charge >= 0.3 is 0 Å². The van der Waals surface area contributed by atoms with Gasteiger partial charge in [0.25, 0.3) is 0 Å². The molecular weight excluding hydrogens is 412 g/mol. The number of H-pyrrole nitrogens is 2. The summed E-state index contributed by atoms with van der Waals surface area (Å²) >= 11 is 0. The third-order valence-corrected chi connectivity index (χ3v) is 8.68. The molecular formula is C32H38N2. The van der Waals surface area contributed by atoms with Gasteiger partial charge in [0, 0.05) is 44.4 Å². The van der Waals surface area contributed by atoms with Crippen LogP contribution in [0.2, 0.25) is 0 Å². The highest BCUT2D eigenvalue weighted by molar-refractivity contribution is 5.47. The summed E-state index contributed by atoms with van der Waals surface area (Å²) in [5.41, 5.74) is 9.74. The van der Waals surface area contributed by atoms with Crippen LogP contribution in [0.5, 0.6) is 0 Å². The second-order valence-corrected chi connectivity index (χ2v) is 12.2. The molecule has 0 saturated carbocycles. The van der Waals surface area contributed by atoms with E-state index in [0.29, 0.717) is 0 Å². The van der Waals surface area contributed by atoms with E-state index in [1.54, 1.807) is 0 Å². The maximum absolute atomic E-state index is 3.83. The Hall–Kier alpha value is -3.00. The largest absolute Gasteiger partial charge is 0.361 e. The predicted molar refractivity (Wildman–Crippen MR) is 143 cm³/mol. The topological polar surface area (TPSA) is 31.6 Å². The summed E-state index contributed by atoms with van der Waals surface area (Å²) in [6.45, 7) is 18.6. The van der Waals surface area contributed by atoms with E-state index in [4.69, 9.17) is 0 Å². The monoisotopic (exact) mass is 450 g/mol. The number of fused-ring (bicyclic) bond motifs is 8. The molecule has 5 rings (SSSR count). The van der Waals surface area contributed by atoms with Gasteiger partial charge < -0.3 is 9.97 Å². The molecule has 8 bridgehead atoms. The summed E-state index contributed by atoms with van der Waals surface area (Å²) < 4.78 is 0. The van der Waals surface area contributed by atoms with Gasteiger partial charge in [-0.15, -0.1) is 0 Å². The molecule has 2 aromatic heterocycles. The Morgan fingerprint density at radius 1 is 0.382 bits per heavy atom. The highest BCUT2D eigenvalue weighted by Gasteiger charge is 2.34. The van der Waals surface area contributed by atoms with E-state index >= 15 is 0 Å². The van der Waals surface area contributed by atoms with Gasteiger partial charge in [-0.25, -0.2) is 0 Å². The van der Waals surface area contributed by atoms with E-state index in [0.717, 1.165) is 0 Å². The SMILES string of the molecule is CC1(C)c2cccc(c2)C(C)(C)c2ccc([nH]2)C(C)(C)c2cccc(c2)C(C)(C)c2ccc1[nH]2. The Kier molecular flexibility index (Phi) is 4.86. The van der Waals surface area contributed by atoms with Crippen molar-refractivity contribution in [2.24, 2.45) is 0 Å². The first-order valence-electron chi connectivity index (χ1n) is 12.5. The molecule has 2 nitrogen and oxygen atoms in total. The normalized spacial score (nSPS) is 19.5. The number of nitrogens with one attached hydrogen (secondary N) is 2. The van der Waals surface area contributed by atoms with E-state index in [-0.39, 0.29) is 21.7 Å². The molecule has 0 atom stereocenters. The van der Waals surface area contributed by atoms with E-state index in [1.165, 1.54) is 45.0 Å². The van der Waals surface area contributed by atoms with Gasteiger partial charge in [0.15, 0.2) is 0 Å². The second kappa shape index (κ2) is 7.25. The van der Waals surface area contributed by atoms with Crippen LogP contribution in [-0.4, -0.2) is 9.97 Å². The molecule has 2 heteroatoms. The lowest BCUT2D eigenvalue weighted by atomic mass is 9.76. The Balaban J connectivity index is 1.80. The molecule has 1 aliphatic rings. The molecule has 0 saturated heterocycles. The molecule has 0 amide bonds. The van der Waals surface area contributed by atoms with Crippen LogP contribution in [0.15, 0.2) is 72.8 Å². The average Bonchev–Trinajstić information content (AvgIpc) is 3.50. The van der Waals surface area contributed by atoms with Gasteiger partial charge in [-0.1, -0.05) is 104 Å². The molecule has 2 aromatic carbocycles. The summed E-state index contributed by atoms with van der Waals surface area (Å²) in [6, 6.07) is 27.4. The maximum Gasteiger partial charge on any atom is 0.0297 e. The van der Waals surface area contributed by atoms with Gasteiger partial charge in [0.2, 0.25) is 0 Å². The van der Waals surface area contributed by atoms with Crippen LogP contribution in [-0.2, 0) is 21.7 Å². The van der Waals surface area contributed by atoms with Crippen molar-refractivity contribution in [2.45, 2.75) is 77.0 Å². The van der Waals surface area contributed by atoms with Crippen molar-refractivity contribution in [3.63, 3.8) is 0 Å². The Labute approximate surface area is 204 Å². The smallest absolute Gasteiger partial charge is 0.0297 e. The number of benzene rings is 2. The number of rotatable bonds is 0. The highest BCUT2D eigenvalue weighted by atomic mass is 14.8. The molecule has 34 heavy (non-hydrogen) atoms. The van der Waals surface area contributed by atoms with Crippen LogP contribution in [0.3, 0.4) is 0 Å². The molecule has 0 unspecified atom stereocenters. The van der Waals surface area contributed by atoms with Crippen molar-refractivity contribution in [1.82, 2.24) is 9.97 Å². The van der Waals surface area contributed by atoms with Crippen molar-refractivity contribution >= 4 is 0 Å². The van der Waals surface area contributed by atoms with Crippen molar-refractivity contribution in [2.75, 3.05) is 0 Å². The zero-order chi connectivity index (χ0) is 24.5. The summed E-state index contributed by atoms with van der Waals surface area (Å²) in [5, 5.41) is 0. The molecule has 0 spiro atoms. The zero-order valence-corrected chi connectivity index (χ0v) is 21.9. The first kappa shape index (κ1) is 22.8. The standard InChI is InChI=1S/C32H38N2/c1-29(2)21-11-9-12-22(19-21)30(3,4)27-17-18-28(34-27)32(7,8)24-14-10-13-23(20-24)31(5,6)26-16-15-25(29)33-26/h9-20,33-34H,1-8H3. The molecule has 2 N–H and O–H groups in total. The number of hydrogen-bond donors (Lipinski definition) is 2. The minimum absolute atomic E-state index is 0.137. The quantitative estimate of drug-likeness (QED) is 0.272. The number of hydrogen-bond acceptors (Lipinski definition) is 0. The van der Waals surface area contributed by atoms with Crippen LogP contribution in [0.1, 0.15) is 100 Å². The lowest BCUT2D eigenvalue weighted by Crippen LogP contribution is -2.26. The molecule has 0 aliphatic carbocycles. The van der Waals surface area contributed by atoms with Gasteiger partial charge in [0.1, 0.15) is 0 Å². The van der Waals surface area contributed by atoms with Crippen LogP contribution in [0, 0.1) is 0 Å². The predicted octanol–water partition coefficient (Wildman–Crippen LogP) is 7.96. The summed E-state index contributed by atoms with van der Waals surface area (Å²) in [5.74, 6) is 0. The highest BCUT2D eigenvalue weighted by Crippen LogP contribution is 2.41. The van der Waals surface area contributed by atoms with E-state index < -0.39 is 0 Å². The summed E-state index contributed by atoms with van der Waals surface area (Å²) in [4.78, 5) is 7.66. The fraction of sp³-hybridized carbons (Fsp3) is 0.375. The van der Waals surface area contributed by atoms with E-state index in [9.17, 15) is 0 Å². The fourth-order valence-corrected chi connectivity index (χ4v) is 5.46. The van der Waals surface area contributed by atoms with Crippen molar-refractivity contribution < 1.29 is 0 Å². The van der Waals surface area contributed by atoms with Crippen LogP contribution < -0.4 is 0 Å². The van der Waals surface area contributed by atoms with Crippen molar-refractivity contribution in [3.05, 3.63) is 118 Å². The van der Waals surface area contributed by atoms with Gasteiger partial charge in [0.05, 0.1) is 0 Å². The van der Waals surface area contributed by atoms with Gasteiger partial charge in [-0.2, -0.15) is 0 Å². The lowest BCUT2D eigenvalue weighted by Gasteiger charge is -2.32. The summed E-state index contributed by atoms with van der Waals surface area (Å²) in [7, 11) is 0. The minimum atomic E-state index is -0.137. The molecule has 0 radical (unpaired) electrons. The molecule has 0 fully saturated rings. The first-order valence-corrected chi connectivity index (χ1v) is 12.5. The summed E-state index contributed by atoms with van der Waals surface area (Å²) in [6.07, 6.45) is 0. The maximum atomic E-state index is 3.83. The Morgan fingerprint density at radius 3 is 0.853 bits per heavy atom. The van der Waals surface area contributed by atoms with Crippen LogP contribution in [0.25, 0.3) is 0 Å². The number of aromatic nitrogens is 2. The molecule has 3 heterocycles. The van der Waals surface area contributed by atoms with E-state index in [1.807, 2.05) is 0 Å². The van der Waals surface area contributed by atoms with Gasteiger partial charge in [-0.3, -0.25) is 0 Å². The van der Waals surface area contributed by atoms with Crippen LogP contribution >= 0.6 is 0 Å². The first-order chi connectivity index (χ1) is 15.8. The van der Waals surface area contributed by atoms with Crippen molar-refractivity contribution in [3.8, 4) is 0 Å². The average molecular weight is 451 g/mol. The van der Waals surface area contributed by atoms with Gasteiger partial charge in [-0.05, 0) is 46.5 Å².